The molecule has 0 atom stereocenters. The van der Waals surface area contributed by atoms with E-state index in [1.807, 2.05) is 12.4 Å². The lowest BCUT2D eigenvalue weighted by Gasteiger charge is -2.19. The molecule has 120 heavy (non-hydrogen) atoms. The molecule has 12 aromatic heterocycles. The molecule has 0 radical (unpaired) electrons. The largest absolute Gasteiger partial charge is 0.457 e. The molecule has 0 amide bonds. The summed E-state index contributed by atoms with van der Waals surface area (Å²) < 4.78 is 27.6. The van der Waals surface area contributed by atoms with Crippen molar-refractivity contribution in [1.29, 1.82) is 0 Å². The van der Waals surface area contributed by atoms with E-state index in [-0.39, 0.29) is 0 Å². The predicted molar refractivity (Wildman–Crippen MR) is 483 cm³/mol. The van der Waals surface area contributed by atoms with E-state index in [2.05, 4.69) is 271 Å². The van der Waals surface area contributed by atoms with E-state index in [9.17, 15) is 0 Å². The van der Waals surface area contributed by atoms with Crippen LogP contribution in [0.1, 0.15) is 90.3 Å². The van der Waals surface area contributed by atoms with Crippen molar-refractivity contribution in [2.75, 3.05) is 0 Å². The number of hydrogen-bond acceptors (Lipinski definition) is 8. The average molecular weight is 1550 g/mol. The van der Waals surface area contributed by atoms with Gasteiger partial charge < -0.3 is 9.47 Å². The van der Waals surface area contributed by atoms with E-state index >= 15 is 0 Å². The standard InChI is InChI=1S/C36H26N4O.C36H26N4.C34H22N4O/c1-19-31-15-9-21-5-3-7-27-25-13-11-23(17-29(25)35(37-19)39(31)33(21)27)41-24-12-14-26-28-8-4-6-22-10-16-32-20(2)38-36(30(26)18-24)40(32)34(22)28;1-3-11-27-23(9-1)25-13-5-7-21-15-19-31-29(37-35(27)39(31)33(21)25)17-18-30-32-20-16-22-8-6-14-26-24-10-2-4-12-28(24)36(38-30)40(32)34(22)26;1-3-19-7-9-21-17-35-33-29-15-23(11-13-25(29)27(5-1)31(19)37(21)33)39-24-12-14-26-28-6-2-4-20-8-10-22-18-36-34(30(26)16-24)38(22)32(20)28/h3-8,11-14,17-18H,9-10,15-16H2,1-2H3;1-14H,15-20H2;1-6,11-18H,7-10H2. The number of aromatic nitrogens is 12. The Hall–Kier alpha value is -14.5. The van der Waals surface area contributed by atoms with Crippen LogP contribution >= 0.6 is 0 Å². The normalized spacial score (nSPS) is 14.2. The van der Waals surface area contributed by atoms with Gasteiger partial charge in [0, 0.05) is 111 Å². The second-order valence-corrected chi connectivity index (χ2v) is 34.3. The summed E-state index contributed by atoms with van der Waals surface area (Å²) in [5.74, 6) is 3.25. The van der Waals surface area contributed by atoms with Crippen molar-refractivity contribution < 1.29 is 9.47 Å². The Bertz CT molecular complexity index is 8360. The van der Waals surface area contributed by atoms with Gasteiger partial charge in [0.05, 0.1) is 55.9 Å². The number of nitrogens with zero attached hydrogens (tertiary/aromatic N) is 12. The highest BCUT2D eigenvalue weighted by atomic mass is 16.5. The summed E-state index contributed by atoms with van der Waals surface area (Å²) in [5.41, 5.74) is 35.4. The Morgan fingerprint density at radius 3 is 0.842 bits per heavy atom. The summed E-state index contributed by atoms with van der Waals surface area (Å²) in [4.78, 5) is 30.6. The number of ether oxygens (including phenoxy) is 2. The SMILES string of the molecule is Cc1nc2c3cc(Oc4ccc5c(c4)c4nc(C)c6n4c4c(cccc54)CC6)ccc3c3cccc4c3n2c1CC4.c1cc2c3c(c1)c1ccc(Oc4ccc5c(c4)c4ncc6n4c4c(cccc54)CC6)cc1c1ncc(n13)CC2.c1ccc2c(c1)c1cccc3c1n1c(c(CCc4nc5c6ccccc6c6cccc7c6n5c4CC7)nc21)CC3. The van der Waals surface area contributed by atoms with Gasteiger partial charge in [-0.05, 0) is 242 Å². The third-order valence-corrected chi connectivity index (χ3v) is 28.1. The fourth-order valence-corrected chi connectivity index (χ4v) is 22.9. The first-order chi connectivity index (χ1) is 59.3. The van der Waals surface area contributed by atoms with Crippen molar-refractivity contribution >= 4 is 164 Å². The number of hydrogen-bond donors (Lipinski definition) is 0. The number of aryl methyl sites for hydroxylation is 16. The fraction of sp³-hybridized carbons (Fsp3) is 0.151. The van der Waals surface area contributed by atoms with Crippen LogP contribution in [-0.4, -0.2) is 56.3 Å². The minimum absolute atomic E-state index is 0.810. The zero-order valence-corrected chi connectivity index (χ0v) is 66.2. The van der Waals surface area contributed by atoms with Gasteiger partial charge in [-0.15, -0.1) is 0 Å². The van der Waals surface area contributed by atoms with Gasteiger partial charge in [-0.1, -0.05) is 158 Å². The Morgan fingerprint density at radius 1 is 0.233 bits per heavy atom. The van der Waals surface area contributed by atoms with E-state index in [1.54, 1.807) is 0 Å². The number of imidazole rings is 6. The molecule has 14 nitrogen and oxygen atoms in total. The second-order valence-electron chi connectivity index (χ2n) is 34.3. The molecule has 0 saturated heterocycles. The maximum absolute atomic E-state index is 6.59. The van der Waals surface area contributed by atoms with Gasteiger partial charge in [-0.2, -0.15) is 0 Å². The summed E-state index contributed by atoms with van der Waals surface area (Å²) in [6.45, 7) is 4.27. The molecular formula is C106H74N12O2. The van der Waals surface area contributed by atoms with Crippen LogP contribution in [0.3, 0.4) is 0 Å². The number of para-hydroxylation sites is 6. The number of rotatable bonds is 7. The second kappa shape index (κ2) is 24.1. The molecule has 570 valence electrons. The molecule has 14 heteroatoms. The monoisotopic (exact) mass is 1550 g/mol. The predicted octanol–water partition coefficient (Wildman–Crippen LogP) is 23.4. The third kappa shape index (κ3) is 8.95. The Morgan fingerprint density at radius 2 is 0.500 bits per heavy atom. The highest BCUT2D eigenvalue weighted by Crippen LogP contribution is 2.46. The first kappa shape index (κ1) is 65.6. The lowest BCUT2D eigenvalue weighted by molar-refractivity contribution is 0.484. The summed E-state index contributed by atoms with van der Waals surface area (Å²) >= 11 is 0. The molecule has 0 N–H and O–H groups in total. The molecule has 12 aromatic carbocycles. The topological polar surface area (TPSA) is 122 Å². The maximum Gasteiger partial charge on any atom is 0.145 e. The smallest absolute Gasteiger partial charge is 0.145 e. The first-order valence-electron chi connectivity index (χ1n) is 42.7. The van der Waals surface area contributed by atoms with E-state index in [1.165, 1.54) is 187 Å². The lowest BCUT2D eigenvalue weighted by atomic mass is 9.95. The fourth-order valence-electron chi connectivity index (χ4n) is 22.9. The van der Waals surface area contributed by atoms with Gasteiger partial charge in [0.1, 0.15) is 56.9 Å². The van der Waals surface area contributed by atoms with Crippen molar-refractivity contribution in [3.8, 4) is 23.0 Å². The van der Waals surface area contributed by atoms with Crippen molar-refractivity contribution in [2.24, 2.45) is 0 Å². The van der Waals surface area contributed by atoms with Gasteiger partial charge in [-0.25, -0.2) is 29.9 Å². The molecule has 6 aliphatic rings. The van der Waals surface area contributed by atoms with Crippen LogP contribution in [-0.2, 0) is 89.9 Å². The van der Waals surface area contributed by atoms with Crippen LogP contribution in [0.2, 0.25) is 0 Å². The van der Waals surface area contributed by atoms with E-state index in [0.29, 0.717) is 0 Å². The van der Waals surface area contributed by atoms with E-state index in [4.69, 9.17) is 39.4 Å². The van der Waals surface area contributed by atoms with Crippen LogP contribution in [0.4, 0.5) is 0 Å². The van der Waals surface area contributed by atoms with Crippen molar-refractivity contribution in [2.45, 2.75) is 104 Å². The number of fused-ring (bicyclic) bond motifs is 18. The van der Waals surface area contributed by atoms with Crippen LogP contribution in [0, 0.1) is 13.8 Å². The summed E-state index contributed by atoms with van der Waals surface area (Å²) in [6.07, 6.45) is 18.5. The lowest BCUT2D eigenvalue weighted by Crippen LogP contribution is -2.10. The van der Waals surface area contributed by atoms with Gasteiger partial charge in [0.2, 0.25) is 0 Å². The maximum atomic E-state index is 6.59. The van der Waals surface area contributed by atoms with Crippen molar-refractivity contribution in [3.05, 3.63) is 333 Å². The summed E-state index contributed by atoms with van der Waals surface area (Å²) in [7, 11) is 0. The zero-order chi connectivity index (χ0) is 78.2. The highest BCUT2D eigenvalue weighted by molar-refractivity contribution is 6.19. The molecule has 0 fully saturated rings. The molecule has 6 aliphatic heterocycles. The van der Waals surface area contributed by atoms with Crippen LogP contribution in [0.25, 0.3) is 164 Å². The summed E-state index contributed by atoms with van der Waals surface area (Å²) in [6, 6.07) is 83.6. The number of pyridine rings is 6. The van der Waals surface area contributed by atoms with Crippen LogP contribution in [0.15, 0.2) is 243 Å². The Kier molecular flexibility index (Phi) is 13.2. The minimum Gasteiger partial charge on any atom is -0.457 e. The first-order valence-corrected chi connectivity index (χ1v) is 42.7. The van der Waals surface area contributed by atoms with Crippen molar-refractivity contribution in [1.82, 2.24) is 56.3 Å². The minimum atomic E-state index is 0.810. The molecule has 0 spiro atoms. The molecule has 18 heterocycles. The Balaban J connectivity index is 0.0000000932. The van der Waals surface area contributed by atoms with Crippen LogP contribution < -0.4 is 9.47 Å². The average Bonchev–Trinajstić information content (AvgIpc) is 1.52. The molecular weight excluding hydrogens is 1470 g/mol. The van der Waals surface area contributed by atoms with Gasteiger partial charge >= 0.3 is 0 Å². The highest BCUT2D eigenvalue weighted by Gasteiger charge is 2.31. The van der Waals surface area contributed by atoms with Gasteiger partial charge in [-0.3, -0.25) is 26.4 Å². The molecule has 0 saturated carbocycles. The molecule has 24 aromatic rings. The summed E-state index contributed by atoms with van der Waals surface area (Å²) in [5, 5.41) is 22.2. The molecule has 0 bridgehead atoms. The number of benzene rings is 12. The Labute approximate surface area is 685 Å². The van der Waals surface area contributed by atoms with Crippen molar-refractivity contribution in [3.63, 3.8) is 0 Å². The molecule has 0 unspecified atom stereocenters. The molecule has 0 aliphatic carbocycles. The van der Waals surface area contributed by atoms with Crippen LogP contribution in [0.5, 0.6) is 23.0 Å². The van der Waals surface area contributed by atoms with E-state index < -0.39 is 0 Å². The zero-order valence-electron chi connectivity index (χ0n) is 66.2. The quantitative estimate of drug-likeness (QED) is 0.145. The van der Waals surface area contributed by atoms with Gasteiger partial charge in [0.15, 0.2) is 0 Å². The third-order valence-electron chi connectivity index (χ3n) is 28.1. The molecule has 30 rings (SSSR count). The van der Waals surface area contributed by atoms with E-state index in [0.717, 1.165) is 180 Å². The van der Waals surface area contributed by atoms with Gasteiger partial charge in [0.25, 0.3) is 0 Å².